The van der Waals surface area contributed by atoms with Crippen LogP contribution in [-0.2, 0) is 16.1 Å². The molecule has 2 heterocycles. The zero-order valence-electron chi connectivity index (χ0n) is 8.85. The summed E-state index contributed by atoms with van der Waals surface area (Å²) in [5.74, 6) is 0.00409. The molecule has 2 rings (SSSR count). The van der Waals surface area contributed by atoms with Crippen molar-refractivity contribution in [2.75, 3.05) is 19.8 Å². The van der Waals surface area contributed by atoms with Crippen LogP contribution in [-0.4, -0.2) is 30.9 Å². The van der Waals surface area contributed by atoms with Crippen molar-refractivity contribution in [2.24, 2.45) is 5.92 Å². The zero-order valence-corrected chi connectivity index (χ0v) is 8.85. The summed E-state index contributed by atoms with van der Waals surface area (Å²) in [5.41, 5.74) is 0.155. The van der Waals surface area contributed by atoms with E-state index in [1.807, 2.05) is 0 Å². The normalized spacial score (nSPS) is 20.1. The summed E-state index contributed by atoms with van der Waals surface area (Å²) >= 11 is 0. The van der Waals surface area contributed by atoms with Gasteiger partial charge in [-0.05, 0) is 12.5 Å². The van der Waals surface area contributed by atoms with E-state index >= 15 is 0 Å². The Hall–Kier alpha value is -1.33. The minimum Gasteiger partial charge on any atom is -0.478 e. The lowest BCUT2D eigenvalue weighted by molar-refractivity contribution is 0.0690. The van der Waals surface area contributed by atoms with Gasteiger partial charge >= 0.3 is 5.97 Å². The highest BCUT2D eigenvalue weighted by molar-refractivity contribution is 5.87. The molecule has 1 fully saturated rings. The first-order valence-corrected chi connectivity index (χ1v) is 5.22. The van der Waals surface area contributed by atoms with Gasteiger partial charge in [-0.15, -0.1) is 0 Å². The Balaban J connectivity index is 1.74. The van der Waals surface area contributed by atoms with E-state index in [1.165, 1.54) is 12.3 Å². The summed E-state index contributed by atoms with van der Waals surface area (Å²) in [5, 5.41) is 8.68. The minimum atomic E-state index is -0.987. The van der Waals surface area contributed by atoms with Crippen LogP contribution in [0.5, 0.6) is 0 Å². The van der Waals surface area contributed by atoms with Crippen molar-refractivity contribution in [1.82, 2.24) is 0 Å². The summed E-state index contributed by atoms with van der Waals surface area (Å²) in [4.78, 5) is 10.6. The predicted molar refractivity (Wildman–Crippen MR) is 54.2 cm³/mol. The summed E-state index contributed by atoms with van der Waals surface area (Å²) in [6, 6.07) is 1.48. The summed E-state index contributed by atoms with van der Waals surface area (Å²) in [7, 11) is 0. The van der Waals surface area contributed by atoms with Crippen molar-refractivity contribution in [3.63, 3.8) is 0 Å². The SMILES string of the molecule is O=C(O)c1coc(COCC2CCOC2)c1. The molecule has 0 amide bonds. The van der Waals surface area contributed by atoms with E-state index in [-0.39, 0.29) is 5.56 Å². The van der Waals surface area contributed by atoms with Gasteiger partial charge in [-0.3, -0.25) is 0 Å². The van der Waals surface area contributed by atoms with Gasteiger partial charge in [-0.2, -0.15) is 0 Å². The zero-order chi connectivity index (χ0) is 11.4. The van der Waals surface area contributed by atoms with E-state index in [1.54, 1.807) is 0 Å². The third-order valence-electron chi connectivity index (χ3n) is 2.52. The van der Waals surface area contributed by atoms with E-state index in [2.05, 4.69) is 0 Å². The largest absolute Gasteiger partial charge is 0.478 e. The van der Waals surface area contributed by atoms with Crippen molar-refractivity contribution < 1.29 is 23.8 Å². The third kappa shape index (κ3) is 2.84. The first-order chi connectivity index (χ1) is 7.75. The molecule has 5 heteroatoms. The monoisotopic (exact) mass is 226 g/mol. The van der Waals surface area contributed by atoms with Crippen LogP contribution in [0, 0.1) is 5.92 Å². The van der Waals surface area contributed by atoms with Crippen molar-refractivity contribution in [3.8, 4) is 0 Å². The molecule has 1 unspecified atom stereocenters. The Bertz CT molecular complexity index is 351. The van der Waals surface area contributed by atoms with Crippen LogP contribution in [0.1, 0.15) is 22.5 Å². The maximum atomic E-state index is 10.6. The van der Waals surface area contributed by atoms with Gasteiger partial charge in [0.25, 0.3) is 0 Å². The number of hydrogen-bond donors (Lipinski definition) is 1. The van der Waals surface area contributed by atoms with Gasteiger partial charge in [0.1, 0.15) is 18.6 Å². The molecular formula is C11H14O5. The predicted octanol–water partition coefficient (Wildman–Crippen LogP) is 1.53. The van der Waals surface area contributed by atoms with Crippen molar-refractivity contribution in [3.05, 3.63) is 23.7 Å². The van der Waals surface area contributed by atoms with Gasteiger partial charge in [0.05, 0.1) is 18.8 Å². The molecule has 1 aromatic rings. The molecule has 0 saturated carbocycles. The molecule has 0 spiro atoms. The standard InChI is InChI=1S/C11H14O5/c12-11(13)9-3-10(16-6-9)7-15-5-8-1-2-14-4-8/h3,6,8H,1-2,4-5,7H2,(H,12,13). The van der Waals surface area contributed by atoms with Crippen LogP contribution >= 0.6 is 0 Å². The number of furan rings is 1. The molecule has 0 aromatic carbocycles. The Morgan fingerprint density at radius 3 is 3.12 bits per heavy atom. The van der Waals surface area contributed by atoms with E-state index in [4.69, 9.17) is 19.0 Å². The van der Waals surface area contributed by atoms with Crippen molar-refractivity contribution in [2.45, 2.75) is 13.0 Å². The molecule has 0 radical (unpaired) electrons. The summed E-state index contributed by atoms with van der Waals surface area (Å²) in [6.45, 7) is 2.49. The van der Waals surface area contributed by atoms with Crippen LogP contribution in [0.25, 0.3) is 0 Å². The molecule has 1 N–H and O–H groups in total. The summed E-state index contributed by atoms with van der Waals surface area (Å²) < 4.78 is 15.7. The fourth-order valence-corrected chi connectivity index (χ4v) is 1.61. The number of rotatable bonds is 5. The average molecular weight is 226 g/mol. The van der Waals surface area contributed by atoms with Crippen LogP contribution in [0.3, 0.4) is 0 Å². The van der Waals surface area contributed by atoms with Gasteiger partial charge in [0.15, 0.2) is 0 Å². The fraction of sp³-hybridized carbons (Fsp3) is 0.545. The van der Waals surface area contributed by atoms with Crippen LogP contribution in [0.15, 0.2) is 16.7 Å². The lowest BCUT2D eigenvalue weighted by Crippen LogP contribution is -2.08. The number of ether oxygens (including phenoxy) is 2. The highest BCUT2D eigenvalue weighted by Crippen LogP contribution is 2.14. The molecular weight excluding hydrogens is 212 g/mol. The molecule has 1 atom stereocenters. The Labute approximate surface area is 93.0 Å². The lowest BCUT2D eigenvalue weighted by Gasteiger charge is -2.06. The van der Waals surface area contributed by atoms with E-state index < -0.39 is 5.97 Å². The molecule has 0 bridgehead atoms. The maximum absolute atomic E-state index is 10.6. The second kappa shape index (κ2) is 5.14. The van der Waals surface area contributed by atoms with Gasteiger partial charge in [-0.25, -0.2) is 4.79 Å². The number of aromatic carboxylic acids is 1. The Morgan fingerprint density at radius 2 is 2.50 bits per heavy atom. The van der Waals surface area contributed by atoms with E-state index in [0.29, 0.717) is 24.9 Å². The molecule has 88 valence electrons. The third-order valence-corrected chi connectivity index (χ3v) is 2.52. The van der Waals surface area contributed by atoms with Crippen LogP contribution in [0.4, 0.5) is 0 Å². The van der Waals surface area contributed by atoms with Gasteiger partial charge in [0.2, 0.25) is 0 Å². The van der Waals surface area contributed by atoms with E-state index in [0.717, 1.165) is 19.6 Å². The molecule has 1 aromatic heterocycles. The molecule has 16 heavy (non-hydrogen) atoms. The van der Waals surface area contributed by atoms with Crippen LogP contribution in [0.2, 0.25) is 0 Å². The first kappa shape index (κ1) is 11.2. The first-order valence-electron chi connectivity index (χ1n) is 5.22. The summed E-state index contributed by atoms with van der Waals surface area (Å²) in [6.07, 6.45) is 2.25. The number of carboxylic acid groups (broad SMARTS) is 1. The molecule has 5 nitrogen and oxygen atoms in total. The van der Waals surface area contributed by atoms with E-state index in [9.17, 15) is 4.79 Å². The van der Waals surface area contributed by atoms with Gasteiger partial charge in [0, 0.05) is 12.5 Å². The number of carbonyl (C=O) groups is 1. The number of carboxylic acids is 1. The van der Waals surface area contributed by atoms with Crippen LogP contribution < -0.4 is 0 Å². The average Bonchev–Trinajstić information content (AvgIpc) is 2.87. The van der Waals surface area contributed by atoms with Gasteiger partial charge in [-0.1, -0.05) is 0 Å². The molecule has 1 aliphatic heterocycles. The minimum absolute atomic E-state index is 0.155. The van der Waals surface area contributed by atoms with Gasteiger partial charge < -0.3 is 19.0 Å². The quantitative estimate of drug-likeness (QED) is 0.824. The van der Waals surface area contributed by atoms with Crippen molar-refractivity contribution >= 4 is 5.97 Å². The molecule has 1 aliphatic rings. The highest BCUT2D eigenvalue weighted by atomic mass is 16.5. The molecule has 1 saturated heterocycles. The Kier molecular flexibility index (Phi) is 3.58. The highest BCUT2D eigenvalue weighted by Gasteiger charge is 2.16. The number of hydrogen-bond acceptors (Lipinski definition) is 4. The Morgan fingerprint density at radius 1 is 1.62 bits per heavy atom. The second-order valence-corrected chi connectivity index (χ2v) is 3.85. The fourth-order valence-electron chi connectivity index (χ4n) is 1.61. The second-order valence-electron chi connectivity index (χ2n) is 3.85. The molecule has 0 aliphatic carbocycles. The topological polar surface area (TPSA) is 68.9 Å². The lowest BCUT2D eigenvalue weighted by atomic mass is 10.1. The van der Waals surface area contributed by atoms with Crippen molar-refractivity contribution in [1.29, 1.82) is 0 Å². The maximum Gasteiger partial charge on any atom is 0.338 e. The smallest absolute Gasteiger partial charge is 0.338 e.